The maximum atomic E-state index is 10.4. The van der Waals surface area contributed by atoms with Crippen molar-refractivity contribution in [3.05, 3.63) is 28.8 Å². The maximum absolute atomic E-state index is 10.4. The molecule has 4 nitrogen and oxygen atoms in total. The van der Waals surface area contributed by atoms with Crippen LogP contribution in [0.1, 0.15) is 23.1 Å². The van der Waals surface area contributed by atoms with Crippen molar-refractivity contribution >= 4 is 5.97 Å². The number of methoxy groups -OCH3 is 1. The van der Waals surface area contributed by atoms with Crippen LogP contribution < -0.4 is 10.1 Å². The molecule has 100 valence electrons. The Morgan fingerprint density at radius 1 is 1.28 bits per heavy atom. The third-order valence-corrected chi connectivity index (χ3v) is 2.98. The van der Waals surface area contributed by atoms with Crippen molar-refractivity contribution in [3.8, 4) is 5.75 Å². The van der Waals surface area contributed by atoms with Crippen molar-refractivity contribution in [2.24, 2.45) is 0 Å². The number of carboxylic acids is 1. The van der Waals surface area contributed by atoms with E-state index in [1.807, 2.05) is 6.07 Å². The Labute approximate surface area is 108 Å². The van der Waals surface area contributed by atoms with Gasteiger partial charge in [0.2, 0.25) is 0 Å². The van der Waals surface area contributed by atoms with Crippen molar-refractivity contribution in [3.63, 3.8) is 0 Å². The quantitative estimate of drug-likeness (QED) is 0.727. The molecule has 0 aliphatic carbocycles. The zero-order valence-electron chi connectivity index (χ0n) is 11.2. The molecule has 1 aromatic rings. The van der Waals surface area contributed by atoms with Gasteiger partial charge >= 0.3 is 5.97 Å². The van der Waals surface area contributed by atoms with E-state index < -0.39 is 5.97 Å². The Morgan fingerprint density at radius 2 is 1.94 bits per heavy atom. The predicted octanol–water partition coefficient (Wildman–Crippen LogP) is 1.92. The zero-order chi connectivity index (χ0) is 13.5. The Hall–Kier alpha value is -1.55. The van der Waals surface area contributed by atoms with Gasteiger partial charge in [-0.1, -0.05) is 6.07 Å². The van der Waals surface area contributed by atoms with Crippen molar-refractivity contribution in [1.82, 2.24) is 5.32 Å². The summed E-state index contributed by atoms with van der Waals surface area (Å²) in [7, 11) is 1.67. The van der Waals surface area contributed by atoms with Gasteiger partial charge in [0.15, 0.2) is 0 Å². The highest BCUT2D eigenvalue weighted by molar-refractivity contribution is 5.66. The molecule has 1 rings (SSSR count). The number of hydrogen-bond donors (Lipinski definition) is 2. The van der Waals surface area contributed by atoms with E-state index >= 15 is 0 Å². The number of benzene rings is 1. The molecule has 0 radical (unpaired) electrons. The van der Waals surface area contributed by atoms with Gasteiger partial charge in [0.05, 0.1) is 13.5 Å². The highest BCUT2D eigenvalue weighted by atomic mass is 16.5. The molecular weight excluding hydrogens is 230 g/mol. The zero-order valence-corrected chi connectivity index (χ0v) is 11.2. The first kappa shape index (κ1) is 14.5. The average molecular weight is 251 g/mol. The summed E-state index contributed by atoms with van der Waals surface area (Å²) in [5.41, 5.74) is 3.62. The fraction of sp³-hybridized carbons (Fsp3) is 0.500. The van der Waals surface area contributed by atoms with Gasteiger partial charge in [-0.05, 0) is 49.6 Å². The normalized spacial score (nSPS) is 10.4. The van der Waals surface area contributed by atoms with Gasteiger partial charge in [0.25, 0.3) is 0 Å². The molecule has 0 heterocycles. The summed E-state index contributed by atoms with van der Waals surface area (Å²) in [5, 5.41) is 11.6. The second-order valence-corrected chi connectivity index (χ2v) is 4.39. The molecular formula is C14H21NO3. The molecule has 0 aliphatic rings. The molecule has 18 heavy (non-hydrogen) atoms. The van der Waals surface area contributed by atoms with Crippen molar-refractivity contribution in [2.75, 3.05) is 20.2 Å². The van der Waals surface area contributed by atoms with E-state index in [2.05, 4.69) is 25.2 Å². The molecule has 0 amide bonds. The van der Waals surface area contributed by atoms with Gasteiger partial charge in [-0.2, -0.15) is 0 Å². The van der Waals surface area contributed by atoms with E-state index in [0.717, 1.165) is 24.3 Å². The number of carbonyl (C=O) groups is 1. The van der Waals surface area contributed by atoms with Gasteiger partial charge in [0.1, 0.15) is 5.75 Å². The molecule has 0 unspecified atom stereocenters. The van der Waals surface area contributed by atoms with E-state index in [0.29, 0.717) is 6.54 Å². The van der Waals surface area contributed by atoms with Gasteiger partial charge in [-0.25, -0.2) is 0 Å². The molecule has 0 atom stereocenters. The van der Waals surface area contributed by atoms with Crippen LogP contribution >= 0.6 is 0 Å². The second-order valence-electron chi connectivity index (χ2n) is 4.39. The highest BCUT2D eigenvalue weighted by Crippen LogP contribution is 2.23. The fourth-order valence-corrected chi connectivity index (χ4v) is 1.78. The summed E-state index contributed by atoms with van der Waals surface area (Å²) in [6.07, 6.45) is 0.994. The molecule has 0 fully saturated rings. The molecule has 0 bridgehead atoms. The summed E-state index contributed by atoms with van der Waals surface area (Å²) < 4.78 is 5.35. The van der Waals surface area contributed by atoms with Crippen LogP contribution in [-0.4, -0.2) is 31.3 Å². The number of hydrogen-bond acceptors (Lipinski definition) is 3. The lowest BCUT2D eigenvalue weighted by atomic mass is 10.0. The lowest BCUT2D eigenvalue weighted by Gasteiger charge is -2.12. The maximum Gasteiger partial charge on any atom is 0.304 e. The van der Waals surface area contributed by atoms with Crippen LogP contribution in [0.25, 0.3) is 0 Å². The van der Waals surface area contributed by atoms with Crippen molar-refractivity contribution < 1.29 is 14.6 Å². The molecule has 0 aliphatic heterocycles. The summed E-state index contributed by atoms with van der Waals surface area (Å²) in [5.74, 6) is 0.129. The number of rotatable bonds is 7. The summed E-state index contributed by atoms with van der Waals surface area (Å²) >= 11 is 0. The SMILES string of the molecule is COc1cc(C)c(C)cc1CCNCCC(=O)O. The minimum absolute atomic E-state index is 0.157. The van der Waals surface area contributed by atoms with Crippen molar-refractivity contribution in [2.45, 2.75) is 26.7 Å². The van der Waals surface area contributed by atoms with Crippen LogP contribution in [0.3, 0.4) is 0 Å². The van der Waals surface area contributed by atoms with Crippen LogP contribution in [-0.2, 0) is 11.2 Å². The summed E-state index contributed by atoms with van der Waals surface area (Å²) in [6, 6.07) is 4.18. The highest BCUT2D eigenvalue weighted by Gasteiger charge is 2.05. The largest absolute Gasteiger partial charge is 0.496 e. The molecule has 4 heteroatoms. The molecule has 2 N–H and O–H groups in total. The topological polar surface area (TPSA) is 58.6 Å². The van der Waals surface area contributed by atoms with Crippen LogP contribution in [0, 0.1) is 13.8 Å². The summed E-state index contributed by atoms with van der Waals surface area (Å²) in [4.78, 5) is 10.4. The monoisotopic (exact) mass is 251 g/mol. The van der Waals surface area contributed by atoms with Gasteiger partial charge in [-0.15, -0.1) is 0 Å². The number of aryl methyl sites for hydroxylation is 2. The third kappa shape index (κ3) is 4.37. The molecule has 1 aromatic carbocycles. The predicted molar refractivity (Wildman–Crippen MR) is 71.3 cm³/mol. The lowest BCUT2D eigenvalue weighted by molar-refractivity contribution is -0.136. The number of ether oxygens (including phenoxy) is 1. The lowest BCUT2D eigenvalue weighted by Crippen LogP contribution is -2.21. The smallest absolute Gasteiger partial charge is 0.304 e. The Balaban J connectivity index is 2.51. The Morgan fingerprint density at radius 3 is 2.56 bits per heavy atom. The molecule has 0 saturated carbocycles. The average Bonchev–Trinajstić information content (AvgIpc) is 2.32. The van der Waals surface area contributed by atoms with E-state index in [1.165, 1.54) is 11.1 Å². The number of aliphatic carboxylic acids is 1. The number of carboxylic acid groups (broad SMARTS) is 1. The van der Waals surface area contributed by atoms with E-state index in [-0.39, 0.29) is 6.42 Å². The molecule has 0 spiro atoms. The van der Waals surface area contributed by atoms with Gasteiger partial charge < -0.3 is 15.2 Å². The Kier molecular flexibility index (Phi) is 5.65. The molecule has 0 saturated heterocycles. The first-order valence-corrected chi connectivity index (χ1v) is 6.11. The van der Waals surface area contributed by atoms with Crippen LogP contribution in [0.4, 0.5) is 0 Å². The van der Waals surface area contributed by atoms with Gasteiger partial charge in [0, 0.05) is 6.54 Å². The van der Waals surface area contributed by atoms with Crippen LogP contribution in [0.2, 0.25) is 0 Å². The second kappa shape index (κ2) is 7.01. The number of nitrogens with one attached hydrogen (secondary N) is 1. The van der Waals surface area contributed by atoms with Gasteiger partial charge in [-0.3, -0.25) is 4.79 Å². The fourth-order valence-electron chi connectivity index (χ4n) is 1.78. The molecule has 0 aromatic heterocycles. The summed E-state index contributed by atoms with van der Waals surface area (Å²) in [6.45, 7) is 5.40. The van der Waals surface area contributed by atoms with E-state index in [4.69, 9.17) is 9.84 Å². The minimum Gasteiger partial charge on any atom is -0.496 e. The van der Waals surface area contributed by atoms with Crippen LogP contribution in [0.15, 0.2) is 12.1 Å². The van der Waals surface area contributed by atoms with Crippen LogP contribution in [0.5, 0.6) is 5.75 Å². The third-order valence-electron chi connectivity index (χ3n) is 2.98. The van der Waals surface area contributed by atoms with Crippen molar-refractivity contribution in [1.29, 1.82) is 0 Å². The van der Waals surface area contributed by atoms with E-state index in [1.54, 1.807) is 7.11 Å². The Bertz CT molecular complexity index is 416. The standard InChI is InChI=1S/C14H21NO3/c1-10-8-12(13(18-3)9-11(10)2)4-6-15-7-5-14(16)17/h8-9,15H,4-7H2,1-3H3,(H,16,17). The first-order chi connectivity index (χ1) is 8.54. The van der Waals surface area contributed by atoms with E-state index in [9.17, 15) is 4.79 Å². The minimum atomic E-state index is -0.772. The first-order valence-electron chi connectivity index (χ1n) is 6.11.